The van der Waals surface area contributed by atoms with Crippen LogP contribution in [-0.2, 0) is 19.5 Å². The molecule has 0 unspecified atom stereocenters. The molecule has 1 aromatic heterocycles. The number of hydrogen-bond donors (Lipinski definition) is 1. The second kappa shape index (κ2) is 8.33. The molecule has 1 aliphatic rings. The normalized spacial score (nSPS) is 15.8. The minimum absolute atomic E-state index is 0.104. The number of carbonyl (C=O) groups is 1. The summed E-state index contributed by atoms with van der Waals surface area (Å²) in [5, 5.41) is 9.22. The van der Waals surface area contributed by atoms with Gasteiger partial charge in [0.2, 0.25) is 0 Å². The van der Waals surface area contributed by atoms with E-state index in [-0.39, 0.29) is 11.4 Å². The van der Waals surface area contributed by atoms with Crippen LogP contribution in [-0.4, -0.2) is 38.6 Å². The van der Waals surface area contributed by atoms with Gasteiger partial charge < -0.3 is 9.67 Å². The van der Waals surface area contributed by atoms with E-state index in [0.717, 1.165) is 67.9 Å². The first-order valence-electron chi connectivity index (χ1n) is 10.2. The predicted molar refractivity (Wildman–Crippen MR) is 110 cm³/mol. The van der Waals surface area contributed by atoms with Gasteiger partial charge in [0.05, 0.1) is 23.1 Å². The lowest BCUT2D eigenvalue weighted by Crippen LogP contribution is -2.34. The van der Waals surface area contributed by atoms with Crippen molar-refractivity contribution in [1.29, 1.82) is 0 Å². The topological polar surface area (TPSA) is 58.4 Å². The summed E-state index contributed by atoms with van der Waals surface area (Å²) in [5.74, 6) is 0.438. The molecule has 6 heteroatoms. The van der Waals surface area contributed by atoms with E-state index in [9.17, 15) is 14.3 Å². The summed E-state index contributed by atoms with van der Waals surface area (Å²) in [6, 6.07) is 12.2. The lowest BCUT2D eigenvalue weighted by Gasteiger charge is -2.31. The maximum absolute atomic E-state index is 13.9. The number of halogens is 1. The summed E-state index contributed by atoms with van der Waals surface area (Å²) in [5.41, 5.74) is 2.78. The van der Waals surface area contributed by atoms with E-state index < -0.39 is 5.97 Å². The van der Waals surface area contributed by atoms with Crippen LogP contribution >= 0.6 is 0 Å². The fourth-order valence-electron chi connectivity index (χ4n) is 4.31. The number of imidazole rings is 1. The minimum atomic E-state index is -0.934. The zero-order chi connectivity index (χ0) is 20.4. The average Bonchev–Trinajstić information content (AvgIpc) is 3.07. The Labute approximate surface area is 169 Å². The maximum atomic E-state index is 13.9. The van der Waals surface area contributed by atoms with Crippen LogP contribution in [0.4, 0.5) is 4.39 Å². The van der Waals surface area contributed by atoms with Crippen LogP contribution in [0.25, 0.3) is 11.0 Å². The van der Waals surface area contributed by atoms with Gasteiger partial charge in [-0.15, -0.1) is 0 Å². The number of aromatic nitrogens is 2. The molecule has 29 heavy (non-hydrogen) atoms. The first-order chi connectivity index (χ1) is 14.0. The van der Waals surface area contributed by atoms with E-state index in [1.165, 1.54) is 6.07 Å². The molecule has 1 N–H and O–H groups in total. The monoisotopic (exact) mass is 395 g/mol. The number of rotatable bonds is 6. The van der Waals surface area contributed by atoms with Crippen LogP contribution in [0.3, 0.4) is 0 Å². The number of fused-ring (bicyclic) bond motifs is 1. The lowest BCUT2D eigenvalue weighted by molar-refractivity contribution is 0.0697. The Hall–Kier alpha value is -2.73. The van der Waals surface area contributed by atoms with Crippen LogP contribution in [0.15, 0.2) is 42.5 Å². The molecule has 5 nitrogen and oxygen atoms in total. The molecule has 1 aliphatic heterocycles. The Balaban J connectivity index is 1.43. The molecule has 0 saturated carbocycles. The summed E-state index contributed by atoms with van der Waals surface area (Å²) in [6.45, 7) is 5.55. The van der Waals surface area contributed by atoms with Gasteiger partial charge in [0, 0.05) is 6.54 Å². The van der Waals surface area contributed by atoms with Crippen molar-refractivity contribution < 1.29 is 14.3 Å². The Kier molecular flexibility index (Phi) is 5.62. The van der Waals surface area contributed by atoms with Crippen LogP contribution in [0.1, 0.15) is 41.5 Å². The molecule has 0 radical (unpaired) electrons. The maximum Gasteiger partial charge on any atom is 0.335 e. The minimum Gasteiger partial charge on any atom is -0.478 e. The van der Waals surface area contributed by atoms with Gasteiger partial charge in [-0.1, -0.05) is 18.2 Å². The molecule has 0 aliphatic carbocycles. The molecule has 0 spiro atoms. The van der Waals surface area contributed by atoms with Gasteiger partial charge in [0.1, 0.15) is 11.6 Å². The number of carboxylic acids is 1. The van der Waals surface area contributed by atoms with Gasteiger partial charge >= 0.3 is 5.97 Å². The van der Waals surface area contributed by atoms with E-state index in [1.807, 2.05) is 18.2 Å². The summed E-state index contributed by atoms with van der Waals surface area (Å²) in [4.78, 5) is 18.4. The number of likely N-dealkylation sites (tertiary alicyclic amines) is 1. The third kappa shape index (κ3) is 4.17. The predicted octanol–water partition coefficient (Wildman–Crippen LogP) is 4.35. The molecule has 2 heterocycles. The van der Waals surface area contributed by atoms with Crippen LogP contribution < -0.4 is 0 Å². The van der Waals surface area contributed by atoms with Crippen molar-refractivity contribution in [3.63, 3.8) is 0 Å². The smallest absolute Gasteiger partial charge is 0.335 e. The quantitative estimate of drug-likeness (QED) is 0.674. The van der Waals surface area contributed by atoms with Crippen molar-refractivity contribution in [2.24, 2.45) is 5.92 Å². The first-order valence-corrected chi connectivity index (χ1v) is 10.2. The Morgan fingerprint density at radius 2 is 1.97 bits per heavy atom. The number of hydrogen-bond acceptors (Lipinski definition) is 3. The summed E-state index contributed by atoms with van der Waals surface area (Å²) in [6.07, 6.45) is 2.89. The largest absolute Gasteiger partial charge is 0.478 e. The second-order valence-electron chi connectivity index (χ2n) is 7.80. The van der Waals surface area contributed by atoms with E-state index in [2.05, 4.69) is 16.4 Å². The molecule has 0 bridgehead atoms. The SMILES string of the molecule is CCn1c(CN2CCC(Cc3ccccc3F)CC2)nc2cc(C(=O)O)ccc21. The number of carboxylic acid groups (broad SMARTS) is 1. The molecule has 152 valence electrons. The van der Waals surface area contributed by atoms with Crippen molar-refractivity contribution >= 4 is 17.0 Å². The van der Waals surface area contributed by atoms with E-state index >= 15 is 0 Å². The van der Waals surface area contributed by atoms with Gasteiger partial charge in [-0.3, -0.25) is 4.90 Å². The average molecular weight is 395 g/mol. The molecule has 0 amide bonds. The summed E-state index contributed by atoms with van der Waals surface area (Å²) >= 11 is 0. The van der Waals surface area contributed by atoms with Gasteiger partial charge in [0.25, 0.3) is 0 Å². The van der Waals surface area contributed by atoms with E-state index in [0.29, 0.717) is 5.92 Å². The Morgan fingerprint density at radius 3 is 2.66 bits per heavy atom. The zero-order valence-electron chi connectivity index (χ0n) is 16.6. The van der Waals surface area contributed by atoms with Crippen molar-refractivity contribution in [3.05, 3.63) is 65.2 Å². The highest BCUT2D eigenvalue weighted by atomic mass is 19.1. The number of aryl methyl sites for hydroxylation is 1. The molecule has 1 saturated heterocycles. The summed E-state index contributed by atoms with van der Waals surface area (Å²) in [7, 11) is 0. The van der Waals surface area contributed by atoms with Crippen LogP contribution in [0.2, 0.25) is 0 Å². The number of nitrogens with zero attached hydrogens (tertiary/aromatic N) is 3. The molecule has 2 aromatic carbocycles. The molecule has 4 rings (SSSR count). The fraction of sp³-hybridized carbons (Fsp3) is 0.391. The zero-order valence-corrected chi connectivity index (χ0v) is 16.6. The fourth-order valence-corrected chi connectivity index (χ4v) is 4.31. The molecule has 1 fully saturated rings. The standard InChI is InChI=1S/C23H26FN3O2/c1-2-27-21-8-7-18(23(28)29)14-20(21)25-22(27)15-26-11-9-16(10-12-26)13-17-5-3-4-6-19(17)24/h3-8,14,16H,2,9-13,15H2,1H3,(H,28,29). The molecule has 0 atom stereocenters. The Morgan fingerprint density at radius 1 is 1.21 bits per heavy atom. The summed E-state index contributed by atoms with van der Waals surface area (Å²) < 4.78 is 16.1. The highest BCUT2D eigenvalue weighted by molar-refractivity contribution is 5.92. The van der Waals surface area contributed by atoms with Gasteiger partial charge in [-0.05, 0) is 75.0 Å². The third-order valence-electron chi connectivity index (χ3n) is 5.93. The highest BCUT2D eigenvalue weighted by Gasteiger charge is 2.22. The van der Waals surface area contributed by atoms with E-state index in [4.69, 9.17) is 4.98 Å². The number of aromatic carboxylic acids is 1. The van der Waals surface area contributed by atoms with Gasteiger partial charge in [-0.2, -0.15) is 0 Å². The third-order valence-corrected chi connectivity index (χ3v) is 5.93. The van der Waals surface area contributed by atoms with Crippen molar-refractivity contribution in [2.75, 3.05) is 13.1 Å². The number of benzene rings is 2. The Bertz CT molecular complexity index is 1020. The van der Waals surface area contributed by atoms with Gasteiger partial charge in [0.15, 0.2) is 0 Å². The first kappa shape index (κ1) is 19.6. The van der Waals surface area contributed by atoms with Crippen molar-refractivity contribution in [3.8, 4) is 0 Å². The van der Waals surface area contributed by atoms with E-state index in [1.54, 1.807) is 18.2 Å². The highest BCUT2D eigenvalue weighted by Crippen LogP contribution is 2.25. The number of piperidine rings is 1. The van der Waals surface area contributed by atoms with Gasteiger partial charge in [-0.25, -0.2) is 14.2 Å². The van der Waals surface area contributed by atoms with Crippen LogP contribution in [0.5, 0.6) is 0 Å². The lowest BCUT2D eigenvalue weighted by atomic mass is 9.90. The van der Waals surface area contributed by atoms with Crippen molar-refractivity contribution in [1.82, 2.24) is 14.5 Å². The molecular weight excluding hydrogens is 369 g/mol. The second-order valence-corrected chi connectivity index (χ2v) is 7.80. The van der Waals surface area contributed by atoms with Crippen LogP contribution in [0, 0.1) is 11.7 Å². The molecular formula is C23H26FN3O2. The molecule has 3 aromatic rings. The van der Waals surface area contributed by atoms with Crippen molar-refractivity contribution in [2.45, 2.75) is 39.3 Å².